The maximum atomic E-state index is 14.6. The molecule has 0 aliphatic carbocycles. The third-order valence-corrected chi connectivity index (χ3v) is 17.8. The summed E-state index contributed by atoms with van der Waals surface area (Å²) in [6, 6.07) is -0.0912. The number of carbonyl (C=O) groups is 5. The van der Waals surface area contributed by atoms with Crippen molar-refractivity contribution in [2.24, 2.45) is 47.3 Å². The summed E-state index contributed by atoms with van der Waals surface area (Å²) in [5.41, 5.74) is 2.93. The SMILES string of the molecule is CC[C@H]1C[C@H](C)[C@@]2(NC1=O)O[C@@H](C[C@H](O)[C@@H](C)CC/C=C/C=C(\C)[C@@H]1C/C=C/C=C/[C@H](O)[C@H](C)[C@H]3OC(C)(OC)CC[C@H]3C(=O)N[C@@H](C(C)C)C(=O)N[C@@H](Cc3cc(O)cc(F)c3)C(=O)N3CCCC(N3)C(=O)O1)[C@H](C)[C@H](O)[C@@H]2C. The molecule has 19 heteroatoms. The average molecular weight is 1120 g/mol. The molecule has 18 atom stereocenters. The molecule has 4 amide bonds. The van der Waals surface area contributed by atoms with Crippen molar-refractivity contribution >= 4 is 29.6 Å². The molecule has 0 saturated carbocycles. The van der Waals surface area contributed by atoms with E-state index in [1.165, 1.54) is 18.2 Å². The van der Waals surface area contributed by atoms with Crippen LogP contribution in [-0.2, 0) is 49.3 Å². The van der Waals surface area contributed by atoms with E-state index < -0.39 is 114 Å². The molecule has 1 spiro atoms. The van der Waals surface area contributed by atoms with Gasteiger partial charge < -0.3 is 55.3 Å². The Morgan fingerprint density at radius 3 is 2.40 bits per heavy atom. The van der Waals surface area contributed by atoms with Crippen LogP contribution in [0.2, 0.25) is 0 Å². The first-order chi connectivity index (χ1) is 37.8. The lowest BCUT2D eigenvalue weighted by atomic mass is 9.69. The first-order valence-electron chi connectivity index (χ1n) is 29.1. The van der Waals surface area contributed by atoms with Gasteiger partial charge >= 0.3 is 5.97 Å². The van der Waals surface area contributed by atoms with E-state index in [2.05, 4.69) is 28.3 Å². The van der Waals surface area contributed by atoms with Crippen molar-refractivity contribution in [2.75, 3.05) is 13.7 Å². The number of carbonyl (C=O) groups excluding carboxylic acids is 5. The maximum Gasteiger partial charge on any atom is 0.325 e. The number of piperidine rings is 1. The second kappa shape index (κ2) is 28.3. The molecule has 1 aromatic rings. The molecular formula is C61H92FN5O13. The fourth-order valence-corrected chi connectivity index (χ4v) is 12.1. The molecule has 2 unspecified atom stereocenters. The highest BCUT2D eigenvalue weighted by Gasteiger charge is 2.57. The van der Waals surface area contributed by atoms with Crippen molar-refractivity contribution < 1.29 is 67.7 Å². The lowest BCUT2D eigenvalue weighted by Gasteiger charge is -2.56. The van der Waals surface area contributed by atoms with E-state index in [-0.39, 0.29) is 66.2 Å². The van der Waals surface area contributed by atoms with Gasteiger partial charge in [0.1, 0.15) is 41.5 Å². The predicted molar refractivity (Wildman–Crippen MR) is 299 cm³/mol. The molecule has 4 saturated heterocycles. The van der Waals surface area contributed by atoms with Gasteiger partial charge in [-0.1, -0.05) is 97.9 Å². The van der Waals surface area contributed by atoms with Crippen LogP contribution in [0.3, 0.4) is 0 Å². The number of phenols is 1. The number of hydrazine groups is 1. The van der Waals surface area contributed by atoms with Gasteiger partial charge in [-0.2, -0.15) is 0 Å². The van der Waals surface area contributed by atoms with Gasteiger partial charge in [-0.15, -0.1) is 0 Å². The smallest absolute Gasteiger partial charge is 0.325 e. The number of cyclic esters (lactones) is 1. The summed E-state index contributed by atoms with van der Waals surface area (Å²) in [6.45, 7) is 18.9. The van der Waals surface area contributed by atoms with E-state index >= 15 is 0 Å². The Morgan fingerprint density at radius 1 is 0.975 bits per heavy atom. The van der Waals surface area contributed by atoms with Crippen LogP contribution in [0.25, 0.3) is 0 Å². The number of halogens is 1. The minimum Gasteiger partial charge on any atom is -0.508 e. The van der Waals surface area contributed by atoms with Crippen LogP contribution in [0.5, 0.6) is 5.75 Å². The molecule has 6 rings (SSSR count). The molecule has 0 aromatic heterocycles. The lowest BCUT2D eigenvalue weighted by Crippen LogP contribution is -2.71. The van der Waals surface area contributed by atoms with Crippen molar-refractivity contribution in [1.29, 1.82) is 0 Å². The summed E-state index contributed by atoms with van der Waals surface area (Å²) in [7, 11) is 1.51. The van der Waals surface area contributed by atoms with Crippen molar-refractivity contribution in [3.05, 3.63) is 77.7 Å². The van der Waals surface area contributed by atoms with E-state index in [4.69, 9.17) is 18.9 Å². The predicted octanol–water partition coefficient (Wildman–Crippen LogP) is 6.36. The number of ether oxygens (including phenoxy) is 4. The maximum absolute atomic E-state index is 14.6. The molecule has 2 bridgehead atoms. The largest absolute Gasteiger partial charge is 0.508 e. The number of aliphatic hydroxyl groups is 3. The van der Waals surface area contributed by atoms with E-state index in [0.717, 1.165) is 18.6 Å². The van der Waals surface area contributed by atoms with Crippen LogP contribution in [0.4, 0.5) is 4.39 Å². The summed E-state index contributed by atoms with van der Waals surface area (Å²) in [5.74, 6) is -7.45. The number of benzene rings is 1. The van der Waals surface area contributed by atoms with E-state index in [1.807, 2.05) is 58.9 Å². The topological polar surface area (TPSA) is 255 Å². The zero-order valence-corrected chi connectivity index (χ0v) is 48.9. The lowest BCUT2D eigenvalue weighted by molar-refractivity contribution is -0.280. The molecule has 5 heterocycles. The van der Waals surface area contributed by atoms with Crippen LogP contribution in [0.15, 0.2) is 66.3 Å². The summed E-state index contributed by atoms with van der Waals surface area (Å²) in [5, 5.41) is 54.9. The fourth-order valence-electron chi connectivity index (χ4n) is 12.1. The highest BCUT2D eigenvalue weighted by molar-refractivity contribution is 5.93. The molecule has 5 aliphatic rings. The normalized spacial score (nSPS) is 37.1. The highest BCUT2D eigenvalue weighted by atomic mass is 19.1. The first kappa shape index (κ1) is 64.2. The molecule has 446 valence electrons. The van der Waals surface area contributed by atoms with Gasteiger partial charge in [0.25, 0.3) is 5.91 Å². The van der Waals surface area contributed by atoms with E-state index in [1.54, 1.807) is 45.9 Å². The van der Waals surface area contributed by atoms with E-state index in [9.17, 15) is 48.8 Å². The highest BCUT2D eigenvalue weighted by Crippen LogP contribution is 2.46. The summed E-state index contributed by atoms with van der Waals surface area (Å²) in [4.78, 5) is 70.5. The number of hydrogen-bond acceptors (Lipinski definition) is 14. The summed E-state index contributed by atoms with van der Waals surface area (Å²) < 4.78 is 39.8. The molecule has 4 fully saturated rings. The Balaban J connectivity index is 1.21. The standard InChI is InChI=1S/C61H92FN5O13/c1-12-42-28-37(6)61(65-55(42)72)40(9)53(71)39(8)51(79-61)33-49(70)35(4)20-15-13-16-21-36(5)50-24-18-14-17-23-48(69)38(7)54-45(25-26-60(10,77-11)80-54)56(73)64-52(34(2)3)57(74)63-47(31-41-29-43(62)32-44(68)30-41)58(75)67-27-19-22-46(66-67)59(76)78-50/h13-14,16-18,21,23,29-30,32,34-35,37-40,42,45-54,66,68-71H,12,15,19-20,22,24-28,31,33H2,1-11H3,(H,63,74)(H,64,73)(H,65,72)/b16-13+,18-14+,23-17+,36-21+/t35-,37-,38-,39-,40-,42-,45+,46?,47-,48-,49-,50-,51-,52-,53-,54+,60?,61+/m0/s1. The monoisotopic (exact) mass is 1120 g/mol. The van der Waals surface area contributed by atoms with Crippen LogP contribution in [0.1, 0.15) is 139 Å². The second-order valence-corrected chi connectivity index (χ2v) is 24.0. The summed E-state index contributed by atoms with van der Waals surface area (Å²) >= 11 is 0. The van der Waals surface area contributed by atoms with Crippen LogP contribution >= 0.6 is 0 Å². The van der Waals surface area contributed by atoms with Crippen molar-refractivity contribution in [3.8, 4) is 5.75 Å². The van der Waals surface area contributed by atoms with Crippen LogP contribution in [0, 0.1) is 53.2 Å². The van der Waals surface area contributed by atoms with E-state index in [0.29, 0.717) is 56.9 Å². The van der Waals surface area contributed by atoms with Gasteiger partial charge in [0, 0.05) is 75.0 Å². The molecule has 8 N–H and O–H groups in total. The number of rotatable bonds is 13. The van der Waals surface area contributed by atoms with Gasteiger partial charge in [-0.3, -0.25) is 29.0 Å². The number of hydrogen-bond donors (Lipinski definition) is 8. The third-order valence-electron chi connectivity index (χ3n) is 17.8. The zero-order chi connectivity index (χ0) is 58.8. The molecular weight excluding hydrogens is 1030 g/mol. The second-order valence-electron chi connectivity index (χ2n) is 24.0. The number of esters is 1. The van der Waals surface area contributed by atoms with Gasteiger partial charge in [0.05, 0.1) is 36.4 Å². The number of fused-ring (bicyclic) bond motifs is 3. The quantitative estimate of drug-likeness (QED) is 0.0791. The van der Waals surface area contributed by atoms with Crippen molar-refractivity contribution in [1.82, 2.24) is 26.4 Å². The Morgan fingerprint density at radius 2 is 1.71 bits per heavy atom. The average Bonchev–Trinajstić information content (AvgIpc) is 3.42. The molecule has 80 heavy (non-hydrogen) atoms. The number of amides is 4. The van der Waals surface area contributed by atoms with Crippen LogP contribution < -0.4 is 21.4 Å². The third kappa shape index (κ3) is 15.7. The Labute approximate surface area is 472 Å². The van der Waals surface area contributed by atoms with Gasteiger partial charge in [-0.05, 0) is 93.9 Å². The van der Waals surface area contributed by atoms with Crippen LogP contribution in [-0.4, -0.2) is 135 Å². The molecule has 1 aromatic carbocycles. The zero-order valence-electron chi connectivity index (χ0n) is 48.9. The molecule has 18 nitrogen and oxygen atoms in total. The Bertz CT molecular complexity index is 2420. The first-order valence-corrected chi connectivity index (χ1v) is 29.1. The molecule has 5 aliphatic heterocycles. The van der Waals surface area contributed by atoms with Gasteiger partial charge in [-0.25, -0.2) is 9.82 Å². The van der Waals surface area contributed by atoms with Crippen molar-refractivity contribution in [2.45, 2.75) is 206 Å². The van der Waals surface area contributed by atoms with Gasteiger partial charge in [0.2, 0.25) is 17.7 Å². The number of nitrogens with one attached hydrogen (secondary N) is 4. The number of phenolic OH excluding ortho intramolecular Hbond substituents is 1. The Kier molecular flexibility index (Phi) is 22.7. The van der Waals surface area contributed by atoms with Gasteiger partial charge in [0.15, 0.2) is 5.79 Å². The number of aromatic hydroxyl groups is 1. The van der Waals surface area contributed by atoms with Crippen molar-refractivity contribution in [3.63, 3.8) is 0 Å². The molecule has 0 radical (unpaired) electrons. The fraction of sp³-hybridized carbons (Fsp3) is 0.689. The minimum absolute atomic E-state index is 0.0262. The number of methoxy groups -OCH3 is 1. The Hall–Kier alpha value is -5.02. The number of nitrogens with zero attached hydrogens (tertiary/aromatic N) is 1. The number of aliphatic hydroxyl groups excluding tert-OH is 3. The summed E-state index contributed by atoms with van der Waals surface area (Å²) in [6.07, 6.45) is 12.2. The number of allylic oxidation sites excluding steroid dienone is 5. The minimum atomic E-state index is -1.34.